The number of amides is 1. The topological polar surface area (TPSA) is 55.4 Å². The second kappa shape index (κ2) is 7.27. The summed E-state index contributed by atoms with van der Waals surface area (Å²) in [5, 5.41) is 2.75. The maximum Gasteiger partial charge on any atom is 0.313 e. The van der Waals surface area contributed by atoms with Gasteiger partial charge < -0.3 is 10.1 Å². The van der Waals surface area contributed by atoms with Crippen molar-refractivity contribution >= 4 is 11.9 Å². The van der Waals surface area contributed by atoms with Gasteiger partial charge in [0.25, 0.3) is 0 Å². The Balaban J connectivity index is 2.42. The molecule has 1 amide bonds. The standard InChI is InChI=1S/C14H17NO3/c1-3-12(14(17)18-2)9-13(16)15-10-11-7-5-4-6-8-11/h3-8,12H,1,9-10H2,2H3,(H,15,16). The van der Waals surface area contributed by atoms with Crippen LogP contribution >= 0.6 is 0 Å². The molecular weight excluding hydrogens is 230 g/mol. The minimum absolute atomic E-state index is 0.0585. The Morgan fingerprint density at radius 3 is 2.61 bits per heavy atom. The first-order chi connectivity index (χ1) is 8.67. The highest BCUT2D eigenvalue weighted by Crippen LogP contribution is 2.07. The number of benzene rings is 1. The van der Waals surface area contributed by atoms with Crippen LogP contribution in [0.4, 0.5) is 0 Å². The Hall–Kier alpha value is -2.10. The monoisotopic (exact) mass is 247 g/mol. The fourth-order valence-electron chi connectivity index (χ4n) is 1.48. The summed E-state index contributed by atoms with van der Waals surface area (Å²) < 4.78 is 4.58. The van der Waals surface area contributed by atoms with E-state index in [2.05, 4.69) is 16.6 Å². The fourth-order valence-corrected chi connectivity index (χ4v) is 1.48. The van der Waals surface area contributed by atoms with E-state index < -0.39 is 11.9 Å². The molecule has 96 valence electrons. The average molecular weight is 247 g/mol. The molecule has 0 saturated carbocycles. The highest BCUT2D eigenvalue weighted by Gasteiger charge is 2.18. The van der Waals surface area contributed by atoms with E-state index in [0.29, 0.717) is 6.54 Å². The van der Waals surface area contributed by atoms with Gasteiger partial charge in [-0.3, -0.25) is 9.59 Å². The van der Waals surface area contributed by atoms with Crippen LogP contribution in [0.3, 0.4) is 0 Å². The van der Waals surface area contributed by atoms with E-state index in [-0.39, 0.29) is 12.3 Å². The van der Waals surface area contributed by atoms with Crippen LogP contribution in [-0.2, 0) is 20.9 Å². The predicted molar refractivity (Wildman–Crippen MR) is 68.6 cm³/mol. The van der Waals surface area contributed by atoms with Crippen LogP contribution in [0.15, 0.2) is 43.0 Å². The smallest absolute Gasteiger partial charge is 0.313 e. The lowest BCUT2D eigenvalue weighted by molar-refractivity contribution is -0.145. The molecular formula is C14H17NO3. The predicted octanol–water partition coefficient (Wildman–Crippen LogP) is 1.67. The number of nitrogens with one attached hydrogen (secondary N) is 1. The van der Waals surface area contributed by atoms with Crippen molar-refractivity contribution in [3.8, 4) is 0 Å². The molecule has 0 bridgehead atoms. The number of esters is 1. The van der Waals surface area contributed by atoms with Crippen molar-refractivity contribution in [2.75, 3.05) is 7.11 Å². The molecule has 4 heteroatoms. The van der Waals surface area contributed by atoms with Crippen LogP contribution in [0.25, 0.3) is 0 Å². The first-order valence-corrected chi connectivity index (χ1v) is 5.68. The minimum atomic E-state index is -0.592. The Kier molecular flexibility index (Phi) is 5.64. The van der Waals surface area contributed by atoms with Gasteiger partial charge >= 0.3 is 5.97 Å². The molecule has 4 nitrogen and oxygen atoms in total. The number of ether oxygens (including phenoxy) is 1. The molecule has 0 heterocycles. The van der Waals surface area contributed by atoms with E-state index >= 15 is 0 Å². The Morgan fingerprint density at radius 2 is 2.06 bits per heavy atom. The third kappa shape index (κ3) is 4.41. The van der Waals surface area contributed by atoms with Gasteiger partial charge in [-0.15, -0.1) is 6.58 Å². The second-order valence-corrected chi connectivity index (χ2v) is 3.83. The van der Waals surface area contributed by atoms with Crippen LogP contribution in [-0.4, -0.2) is 19.0 Å². The number of methoxy groups -OCH3 is 1. The molecule has 0 aliphatic heterocycles. The number of hydrogen-bond donors (Lipinski definition) is 1. The molecule has 1 N–H and O–H groups in total. The molecule has 18 heavy (non-hydrogen) atoms. The van der Waals surface area contributed by atoms with Gasteiger partial charge in [0.15, 0.2) is 0 Å². The number of carbonyl (C=O) groups excluding carboxylic acids is 2. The van der Waals surface area contributed by atoms with Crippen LogP contribution in [0.2, 0.25) is 0 Å². The summed E-state index contributed by atoms with van der Waals surface area (Å²) in [6, 6.07) is 9.57. The molecule has 0 radical (unpaired) electrons. The maximum atomic E-state index is 11.6. The molecule has 0 aliphatic carbocycles. The average Bonchev–Trinajstić information content (AvgIpc) is 2.42. The summed E-state index contributed by atoms with van der Waals surface area (Å²) in [5.41, 5.74) is 1.01. The lowest BCUT2D eigenvalue weighted by Crippen LogP contribution is -2.27. The summed E-state index contributed by atoms with van der Waals surface area (Å²) in [6.45, 7) is 3.97. The lowest BCUT2D eigenvalue weighted by Gasteiger charge is -2.10. The van der Waals surface area contributed by atoms with Crippen LogP contribution in [0, 0.1) is 5.92 Å². The normalized spacial score (nSPS) is 11.4. The van der Waals surface area contributed by atoms with Crippen molar-refractivity contribution in [3.63, 3.8) is 0 Å². The molecule has 0 fully saturated rings. The van der Waals surface area contributed by atoms with E-state index in [4.69, 9.17) is 0 Å². The molecule has 0 saturated heterocycles. The zero-order valence-electron chi connectivity index (χ0n) is 10.4. The lowest BCUT2D eigenvalue weighted by atomic mass is 10.1. The van der Waals surface area contributed by atoms with Crippen molar-refractivity contribution in [1.82, 2.24) is 5.32 Å². The summed E-state index contributed by atoms with van der Waals surface area (Å²) in [6.07, 6.45) is 1.48. The molecule has 1 aromatic rings. The van der Waals surface area contributed by atoms with E-state index in [1.54, 1.807) is 0 Å². The molecule has 1 aromatic carbocycles. The first kappa shape index (κ1) is 14.0. The van der Waals surface area contributed by atoms with E-state index in [1.165, 1.54) is 13.2 Å². The zero-order valence-corrected chi connectivity index (χ0v) is 10.4. The highest BCUT2D eigenvalue weighted by molar-refractivity contribution is 5.84. The summed E-state index contributed by atoms with van der Waals surface area (Å²) in [5.74, 6) is -1.24. The van der Waals surface area contributed by atoms with Gasteiger partial charge in [0.2, 0.25) is 5.91 Å². The van der Waals surface area contributed by atoms with Crippen molar-refractivity contribution in [2.45, 2.75) is 13.0 Å². The maximum absolute atomic E-state index is 11.6. The number of rotatable bonds is 6. The second-order valence-electron chi connectivity index (χ2n) is 3.83. The number of carbonyl (C=O) groups is 2. The van der Waals surface area contributed by atoms with Gasteiger partial charge in [0.1, 0.15) is 0 Å². The summed E-state index contributed by atoms with van der Waals surface area (Å²) in [7, 11) is 1.29. The first-order valence-electron chi connectivity index (χ1n) is 5.68. The zero-order chi connectivity index (χ0) is 13.4. The van der Waals surface area contributed by atoms with Crippen molar-refractivity contribution in [2.24, 2.45) is 5.92 Å². The molecule has 1 atom stereocenters. The molecule has 0 spiro atoms. The quantitative estimate of drug-likeness (QED) is 0.614. The van der Waals surface area contributed by atoms with Gasteiger partial charge in [0, 0.05) is 13.0 Å². The van der Waals surface area contributed by atoms with E-state index in [1.807, 2.05) is 30.3 Å². The van der Waals surface area contributed by atoms with Gasteiger partial charge in [-0.2, -0.15) is 0 Å². The fraction of sp³-hybridized carbons (Fsp3) is 0.286. The largest absolute Gasteiger partial charge is 0.469 e. The van der Waals surface area contributed by atoms with Gasteiger partial charge in [0.05, 0.1) is 13.0 Å². The third-order valence-electron chi connectivity index (χ3n) is 2.53. The van der Waals surface area contributed by atoms with Gasteiger partial charge in [-0.25, -0.2) is 0 Å². The van der Waals surface area contributed by atoms with Crippen LogP contribution < -0.4 is 5.32 Å². The van der Waals surface area contributed by atoms with Gasteiger partial charge in [-0.05, 0) is 5.56 Å². The third-order valence-corrected chi connectivity index (χ3v) is 2.53. The number of hydrogen-bond acceptors (Lipinski definition) is 3. The minimum Gasteiger partial charge on any atom is -0.469 e. The van der Waals surface area contributed by atoms with Crippen LogP contribution in [0.5, 0.6) is 0 Å². The Morgan fingerprint density at radius 1 is 1.39 bits per heavy atom. The summed E-state index contributed by atoms with van der Waals surface area (Å²) >= 11 is 0. The van der Waals surface area contributed by atoms with Crippen molar-refractivity contribution in [3.05, 3.63) is 48.6 Å². The van der Waals surface area contributed by atoms with E-state index in [0.717, 1.165) is 5.56 Å². The Bertz CT molecular complexity index is 414. The SMILES string of the molecule is C=CC(CC(=O)NCc1ccccc1)C(=O)OC. The molecule has 0 aliphatic rings. The van der Waals surface area contributed by atoms with Crippen LogP contribution in [0.1, 0.15) is 12.0 Å². The Labute approximate surface area is 107 Å². The van der Waals surface area contributed by atoms with Crippen molar-refractivity contribution < 1.29 is 14.3 Å². The molecule has 1 unspecified atom stereocenters. The molecule has 1 rings (SSSR count). The van der Waals surface area contributed by atoms with Gasteiger partial charge in [-0.1, -0.05) is 36.4 Å². The molecule has 0 aromatic heterocycles. The van der Waals surface area contributed by atoms with Crippen molar-refractivity contribution in [1.29, 1.82) is 0 Å². The highest BCUT2D eigenvalue weighted by atomic mass is 16.5. The van der Waals surface area contributed by atoms with E-state index in [9.17, 15) is 9.59 Å². The summed E-state index contributed by atoms with van der Waals surface area (Å²) in [4.78, 5) is 22.9.